The van der Waals surface area contributed by atoms with Crippen molar-refractivity contribution >= 4 is 68.7 Å². The lowest BCUT2D eigenvalue weighted by atomic mass is 10.2. The summed E-state index contributed by atoms with van der Waals surface area (Å²) < 4.78 is 2.05. The van der Waals surface area contributed by atoms with Gasteiger partial charge in [0.25, 0.3) is 5.91 Å². The molecule has 0 bridgehead atoms. The molecule has 0 atom stereocenters. The fourth-order valence-electron chi connectivity index (χ4n) is 2.75. The average Bonchev–Trinajstić information content (AvgIpc) is 3.13. The van der Waals surface area contributed by atoms with E-state index in [0.717, 1.165) is 16.6 Å². The number of hydrogen-bond acceptors (Lipinski definition) is 3. The molecule has 1 aromatic heterocycles. The van der Waals surface area contributed by atoms with Crippen LogP contribution >= 0.6 is 35.0 Å². The Hall–Kier alpha value is -2.21. The molecule has 0 aliphatic carbocycles. The number of aromatic nitrogens is 1. The van der Waals surface area contributed by atoms with Gasteiger partial charge in [-0.05, 0) is 42.1 Å². The van der Waals surface area contributed by atoms with Gasteiger partial charge in [-0.25, -0.2) is 4.99 Å². The number of fused-ring (bicyclic) bond motifs is 1. The first-order valence-electron chi connectivity index (χ1n) is 7.81. The molecular weight excluding hydrogens is 389 g/mol. The summed E-state index contributed by atoms with van der Waals surface area (Å²) >= 11 is 13.4. The van der Waals surface area contributed by atoms with Crippen LogP contribution in [0.3, 0.4) is 0 Å². The highest BCUT2D eigenvalue weighted by Gasteiger charge is 2.24. The van der Waals surface area contributed by atoms with Gasteiger partial charge >= 0.3 is 0 Å². The highest BCUT2D eigenvalue weighted by molar-refractivity contribution is 8.18. The van der Waals surface area contributed by atoms with Crippen LogP contribution in [0, 0.1) is 0 Å². The van der Waals surface area contributed by atoms with Crippen molar-refractivity contribution < 1.29 is 4.79 Å². The number of thioether (sulfide) groups is 1. The summed E-state index contributed by atoms with van der Waals surface area (Å²) in [6.45, 7) is 0. The number of nitrogens with one attached hydrogen (secondary N) is 1. The van der Waals surface area contributed by atoms with E-state index in [-0.39, 0.29) is 5.91 Å². The van der Waals surface area contributed by atoms with Crippen LogP contribution in [0.25, 0.3) is 17.0 Å². The Bertz CT molecular complexity index is 1100. The highest BCUT2D eigenvalue weighted by Crippen LogP contribution is 2.34. The third-order valence-electron chi connectivity index (χ3n) is 4.07. The van der Waals surface area contributed by atoms with E-state index in [9.17, 15) is 4.79 Å². The lowest BCUT2D eigenvalue weighted by Crippen LogP contribution is -2.19. The van der Waals surface area contributed by atoms with E-state index in [1.807, 2.05) is 37.4 Å². The molecule has 2 heterocycles. The summed E-state index contributed by atoms with van der Waals surface area (Å²) in [7, 11) is 1.98. The largest absolute Gasteiger partial charge is 0.344 e. The number of carbonyl (C=O) groups is 1. The maximum atomic E-state index is 12.3. The summed E-state index contributed by atoms with van der Waals surface area (Å²) in [6.07, 6.45) is 1.86. The Morgan fingerprint density at radius 2 is 1.96 bits per heavy atom. The Labute approximate surface area is 164 Å². The number of nitrogens with zero attached hydrogens (tertiary/aromatic N) is 2. The van der Waals surface area contributed by atoms with Crippen LogP contribution in [0.4, 0.5) is 5.69 Å². The van der Waals surface area contributed by atoms with Gasteiger partial charge in [-0.3, -0.25) is 4.79 Å². The lowest BCUT2D eigenvalue weighted by Gasteiger charge is -2.01. The van der Waals surface area contributed by atoms with Crippen molar-refractivity contribution in [2.24, 2.45) is 12.0 Å². The zero-order chi connectivity index (χ0) is 18.3. The molecule has 1 amide bonds. The number of halogens is 2. The number of amidine groups is 1. The predicted molar refractivity (Wildman–Crippen MR) is 110 cm³/mol. The maximum absolute atomic E-state index is 12.3. The van der Waals surface area contributed by atoms with Gasteiger partial charge in [-0.15, -0.1) is 0 Å². The summed E-state index contributed by atoms with van der Waals surface area (Å²) in [5.41, 5.74) is 2.58. The van der Waals surface area contributed by atoms with E-state index in [1.165, 1.54) is 11.8 Å². The molecule has 1 saturated heterocycles. The van der Waals surface area contributed by atoms with Crippen LogP contribution in [0.15, 0.2) is 58.4 Å². The standard InChI is InChI=1S/C19H13Cl2N3OS/c1-24-12(9-11-5-2-3-8-15(11)24)10-16-18(25)23-19(26-16)22-14-7-4-6-13(20)17(14)21/h2-10H,1H3,(H,22,23,25). The van der Waals surface area contributed by atoms with Crippen LogP contribution in [0.5, 0.6) is 0 Å². The van der Waals surface area contributed by atoms with E-state index in [4.69, 9.17) is 23.2 Å². The number of aryl methyl sites for hydroxylation is 1. The van der Waals surface area contributed by atoms with Gasteiger partial charge < -0.3 is 9.88 Å². The van der Waals surface area contributed by atoms with E-state index >= 15 is 0 Å². The molecule has 4 rings (SSSR count). The van der Waals surface area contributed by atoms with E-state index in [0.29, 0.717) is 25.8 Å². The molecule has 3 aromatic rings. The summed E-state index contributed by atoms with van der Waals surface area (Å²) in [4.78, 5) is 17.3. The van der Waals surface area contributed by atoms with Crippen molar-refractivity contribution in [3.8, 4) is 0 Å². The minimum Gasteiger partial charge on any atom is -0.344 e. The van der Waals surface area contributed by atoms with Crippen molar-refractivity contribution in [1.82, 2.24) is 9.88 Å². The molecule has 0 radical (unpaired) electrons. The number of hydrogen-bond donors (Lipinski definition) is 1. The minimum absolute atomic E-state index is 0.183. The first kappa shape index (κ1) is 17.2. The SMILES string of the molecule is Cn1c(C=C2SC(=Nc3cccc(Cl)c3Cl)NC2=O)cc2ccccc21. The second kappa shape index (κ2) is 6.83. The highest BCUT2D eigenvalue weighted by atomic mass is 35.5. The quantitative estimate of drug-likeness (QED) is 0.586. The Morgan fingerprint density at radius 3 is 2.77 bits per heavy atom. The normalized spacial score (nSPS) is 17.4. The molecular formula is C19H13Cl2N3OS. The van der Waals surface area contributed by atoms with Crippen LogP contribution in [0.1, 0.15) is 5.69 Å². The summed E-state index contributed by atoms with van der Waals surface area (Å²) in [5.74, 6) is -0.183. The van der Waals surface area contributed by atoms with Gasteiger partial charge in [-0.2, -0.15) is 0 Å². The number of para-hydroxylation sites is 1. The number of aliphatic imine (C=N–C) groups is 1. The summed E-state index contributed by atoms with van der Waals surface area (Å²) in [6, 6.07) is 15.4. The Morgan fingerprint density at radius 1 is 1.15 bits per heavy atom. The molecule has 1 aliphatic heterocycles. The fraction of sp³-hybridized carbons (Fsp3) is 0.0526. The number of rotatable bonds is 2. The number of carbonyl (C=O) groups excluding carboxylic acids is 1. The second-order valence-corrected chi connectivity index (χ2v) is 7.56. The van der Waals surface area contributed by atoms with Crippen molar-refractivity contribution in [3.05, 3.63) is 69.2 Å². The third-order valence-corrected chi connectivity index (χ3v) is 5.79. The number of amides is 1. The second-order valence-electron chi connectivity index (χ2n) is 5.74. The zero-order valence-electron chi connectivity index (χ0n) is 13.7. The van der Waals surface area contributed by atoms with Crippen LogP contribution in [0.2, 0.25) is 10.0 Å². The topological polar surface area (TPSA) is 46.4 Å². The predicted octanol–water partition coefficient (Wildman–Crippen LogP) is 5.38. The van der Waals surface area contributed by atoms with E-state index in [1.54, 1.807) is 18.2 Å². The molecule has 0 unspecified atom stereocenters. The fourth-order valence-corrected chi connectivity index (χ4v) is 3.91. The van der Waals surface area contributed by atoms with Crippen LogP contribution in [-0.2, 0) is 11.8 Å². The third kappa shape index (κ3) is 3.14. The monoisotopic (exact) mass is 401 g/mol. The Kier molecular flexibility index (Phi) is 4.53. The smallest absolute Gasteiger partial charge is 0.264 e. The molecule has 0 saturated carbocycles. The number of benzene rings is 2. The maximum Gasteiger partial charge on any atom is 0.264 e. The molecule has 7 heteroatoms. The van der Waals surface area contributed by atoms with E-state index in [2.05, 4.69) is 20.9 Å². The zero-order valence-corrected chi connectivity index (χ0v) is 16.0. The lowest BCUT2D eigenvalue weighted by molar-refractivity contribution is -0.115. The molecule has 0 spiro atoms. The van der Waals surface area contributed by atoms with Gasteiger partial charge in [0.05, 0.1) is 20.6 Å². The van der Waals surface area contributed by atoms with E-state index < -0.39 is 0 Å². The van der Waals surface area contributed by atoms with Gasteiger partial charge in [-0.1, -0.05) is 47.5 Å². The molecule has 26 heavy (non-hydrogen) atoms. The Balaban J connectivity index is 1.67. The summed E-state index contributed by atoms with van der Waals surface area (Å²) in [5, 5.41) is 5.16. The van der Waals surface area contributed by atoms with Crippen LogP contribution < -0.4 is 5.32 Å². The molecule has 1 aliphatic rings. The first-order chi connectivity index (χ1) is 12.5. The molecule has 4 nitrogen and oxygen atoms in total. The van der Waals surface area contributed by atoms with Crippen molar-refractivity contribution in [3.63, 3.8) is 0 Å². The molecule has 1 fully saturated rings. The molecule has 1 N–H and O–H groups in total. The van der Waals surface area contributed by atoms with Crippen molar-refractivity contribution in [2.75, 3.05) is 0 Å². The van der Waals surface area contributed by atoms with Gasteiger partial charge in [0.2, 0.25) is 0 Å². The van der Waals surface area contributed by atoms with Gasteiger partial charge in [0.1, 0.15) is 0 Å². The van der Waals surface area contributed by atoms with Crippen LogP contribution in [-0.4, -0.2) is 15.6 Å². The first-order valence-corrected chi connectivity index (χ1v) is 9.38. The molecule has 130 valence electrons. The average molecular weight is 402 g/mol. The van der Waals surface area contributed by atoms with Gasteiger partial charge in [0.15, 0.2) is 5.17 Å². The van der Waals surface area contributed by atoms with Crippen molar-refractivity contribution in [2.45, 2.75) is 0 Å². The minimum atomic E-state index is -0.183. The van der Waals surface area contributed by atoms with Crippen molar-refractivity contribution in [1.29, 1.82) is 0 Å². The molecule has 2 aromatic carbocycles. The van der Waals surface area contributed by atoms with Gasteiger partial charge in [0, 0.05) is 23.6 Å².